The lowest BCUT2D eigenvalue weighted by molar-refractivity contribution is -0.170. The number of nitrogens with two attached hydrogens (primary N) is 1. The first kappa shape index (κ1) is 44.5. The standard InChI is InChI=1S/C34H44F3N9O10/c1-33(2,3)56-32(52)45(4)13-15-55-17-16-54-14-12-39-24(47)11-10-23(29(50)53-5)42-27(48)20-6-8-22(9-7-20)46(30(51)34(35,36)37)19-21-18-40-26-25(41-21)28(49)44-31(38)43-26/h6-9,18,23H,10-17,19H2,1-5H3,(H,39,47)(H,42,48)(H3,38,40,43,44,49). The summed E-state index contributed by atoms with van der Waals surface area (Å²) in [6, 6.07) is 3.13. The van der Waals surface area contributed by atoms with E-state index in [0.29, 0.717) is 11.4 Å². The number of hydrogen-bond donors (Lipinski definition) is 4. The molecule has 0 fully saturated rings. The van der Waals surface area contributed by atoms with Gasteiger partial charge in [0, 0.05) is 37.8 Å². The lowest BCUT2D eigenvalue weighted by atomic mass is 10.1. The number of methoxy groups -OCH3 is 1. The van der Waals surface area contributed by atoms with Crippen LogP contribution in [-0.2, 0) is 39.9 Å². The Hall–Kier alpha value is -5.90. The van der Waals surface area contributed by atoms with Gasteiger partial charge >= 0.3 is 24.1 Å². The molecule has 56 heavy (non-hydrogen) atoms. The molecule has 5 N–H and O–H groups in total. The van der Waals surface area contributed by atoms with Gasteiger partial charge in [-0.15, -0.1) is 0 Å². The second kappa shape index (κ2) is 20.1. The number of carbonyl (C=O) groups excluding carboxylic acids is 5. The zero-order chi connectivity index (χ0) is 41.6. The largest absolute Gasteiger partial charge is 0.471 e. The van der Waals surface area contributed by atoms with Crippen molar-refractivity contribution in [1.29, 1.82) is 0 Å². The number of ether oxygens (including phenoxy) is 4. The molecule has 2 aromatic heterocycles. The van der Waals surface area contributed by atoms with Gasteiger partial charge in [0.25, 0.3) is 11.5 Å². The number of aromatic nitrogens is 4. The summed E-state index contributed by atoms with van der Waals surface area (Å²) >= 11 is 0. The van der Waals surface area contributed by atoms with Gasteiger partial charge in [-0.3, -0.25) is 29.1 Å². The number of H-pyrrole nitrogens is 1. The molecule has 0 aliphatic heterocycles. The quantitative estimate of drug-likeness (QED) is 0.105. The normalized spacial score (nSPS) is 12.1. The van der Waals surface area contributed by atoms with Crippen LogP contribution < -0.4 is 26.8 Å². The fraction of sp³-hybridized carbons (Fsp3) is 0.500. The van der Waals surface area contributed by atoms with Gasteiger partial charge < -0.3 is 40.2 Å². The first-order chi connectivity index (χ1) is 26.3. The molecule has 3 rings (SSSR count). The van der Waals surface area contributed by atoms with E-state index in [2.05, 4.69) is 30.6 Å². The summed E-state index contributed by atoms with van der Waals surface area (Å²) in [5, 5.41) is 5.06. The van der Waals surface area contributed by atoms with Gasteiger partial charge in [-0.25, -0.2) is 19.6 Å². The van der Waals surface area contributed by atoms with Gasteiger partial charge in [-0.05, 0) is 51.5 Å². The maximum absolute atomic E-state index is 13.6. The van der Waals surface area contributed by atoms with Gasteiger partial charge in [0.1, 0.15) is 11.6 Å². The first-order valence-electron chi connectivity index (χ1n) is 17.0. The summed E-state index contributed by atoms with van der Waals surface area (Å²) < 4.78 is 61.7. The van der Waals surface area contributed by atoms with Crippen LogP contribution in [-0.4, -0.2) is 126 Å². The van der Waals surface area contributed by atoms with E-state index in [0.717, 1.165) is 37.6 Å². The van der Waals surface area contributed by atoms with E-state index in [-0.39, 0.29) is 79.9 Å². The number of esters is 1. The Morgan fingerprint density at radius 2 is 1.64 bits per heavy atom. The average molecular weight is 796 g/mol. The molecule has 1 aromatic carbocycles. The Labute approximate surface area is 318 Å². The molecule has 0 spiro atoms. The maximum Gasteiger partial charge on any atom is 0.471 e. The van der Waals surface area contributed by atoms with E-state index in [1.807, 2.05) is 0 Å². The summed E-state index contributed by atoms with van der Waals surface area (Å²) in [6.07, 6.45) is -5.07. The first-order valence-corrected chi connectivity index (χ1v) is 17.0. The molecule has 0 radical (unpaired) electrons. The summed E-state index contributed by atoms with van der Waals surface area (Å²) in [7, 11) is 2.68. The van der Waals surface area contributed by atoms with Crippen molar-refractivity contribution in [3.8, 4) is 0 Å². The molecule has 0 bridgehead atoms. The second-order valence-corrected chi connectivity index (χ2v) is 13.0. The summed E-state index contributed by atoms with van der Waals surface area (Å²) in [6.45, 7) is 5.93. The predicted octanol–water partition coefficient (Wildman–Crippen LogP) is 1.46. The van der Waals surface area contributed by atoms with E-state index in [1.165, 1.54) is 4.90 Å². The third-order valence-corrected chi connectivity index (χ3v) is 7.40. The number of nitrogens with zero attached hydrogens (tertiary/aromatic N) is 5. The molecule has 4 amide bonds. The lowest BCUT2D eigenvalue weighted by Crippen LogP contribution is -2.42. The molecule has 0 aliphatic rings. The van der Waals surface area contributed by atoms with Crippen molar-refractivity contribution >= 4 is 52.6 Å². The van der Waals surface area contributed by atoms with Crippen molar-refractivity contribution in [3.05, 3.63) is 52.1 Å². The molecular weight excluding hydrogens is 751 g/mol. The van der Waals surface area contributed by atoms with Gasteiger partial charge in [0.05, 0.1) is 52.0 Å². The van der Waals surface area contributed by atoms with Crippen LogP contribution in [0.1, 0.15) is 49.7 Å². The number of halogens is 3. The maximum atomic E-state index is 13.6. The monoisotopic (exact) mass is 795 g/mol. The van der Waals surface area contributed by atoms with Crippen molar-refractivity contribution in [2.24, 2.45) is 0 Å². The topological polar surface area (TPSA) is 250 Å². The Balaban J connectivity index is 1.49. The second-order valence-electron chi connectivity index (χ2n) is 13.0. The zero-order valence-corrected chi connectivity index (χ0v) is 31.4. The number of hydrogen-bond acceptors (Lipinski definition) is 14. The third-order valence-electron chi connectivity index (χ3n) is 7.40. The van der Waals surface area contributed by atoms with Gasteiger partial charge in [0.15, 0.2) is 11.2 Å². The molecule has 1 atom stereocenters. The highest BCUT2D eigenvalue weighted by Crippen LogP contribution is 2.26. The van der Waals surface area contributed by atoms with Crippen molar-refractivity contribution in [3.63, 3.8) is 0 Å². The number of alkyl halides is 3. The Morgan fingerprint density at radius 3 is 2.27 bits per heavy atom. The van der Waals surface area contributed by atoms with Crippen LogP contribution in [0.3, 0.4) is 0 Å². The van der Waals surface area contributed by atoms with Crippen molar-refractivity contribution < 1.29 is 56.1 Å². The lowest BCUT2D eigenvalue weighted by Gasteiger charge is -2.24. The van der Waals surface area contributed by atoms with E-state index >= 15 is 0 Å². The molecule has 2 heterocycles. The van der Waals surface area contributed by atoms with Crippen LogP contribution in [0.5, 0.6) is 0 Å². The molecule has 0 aliphatic carbocycles. The Bertz CT molecular complexity index is 1900. The highest BCUT2D eigenvalue weighted by molar-refractivity contribution is 5.99. The number of nitrogens with one attached hydrogen (secondary N) is 3. The number of aromatic amines is 1. The molecular formula is C34H44F3N9O10. The summed E-state index contributed by atoms with van der Waals surface area (Å²) in [5.41, 5.74) is 3.05. The minimum absolute atomic E-state index is 0.0941. The minimum atomic E-state index is -5.31. The van der Waals surface area contributed by atoms with Gasteiger partial charge in [-0.2, -0.15) is 18.2 Å². The molecule has 306 valence electrons. The van der Waals surface area contributed by atoms with E-state index < -0.39 is 59.7 Å². The van der Waals surface area contributed by atoms with Crippen LogP contribution in [0.25, 0.3) is 11.2 Å². The van der Waals surface area contributed by atoms with Gasteiger partial charge in [0.2, 0.25) is 11.9 Å². The number of fused-ring (bicyclic) bond motifs is 1. The van der Waals surface area contributed by atoms with E-state index in [1.54, 1.807) is 27.8 Å². The van der Waals surface area contributed by atoms with Crippen molar-refractivity contribution in [2.75, 3.05) is 64.3 Å². The predicted molar refractivity (Wildman–Crippen MR) is 192 cm³/mol. The van der Waals surface area contributed by atoms with Crippen LogP contribution >= 0.6 is 0 Å². The number of anilines is 2. The molecule has 3 aromatic rings. The number of rotatable bonds is 18. The number of benzene rings is 1. The fourth-order valence-electron chi connectivity index (χ4n) is 4.65. The summed E-state index contributed by atoms with van der Waals surface area (Å²) in [5.74, 6) is -4.62. The number of likely N-dealkylation sites (N-methyl/N-ethyl adjacent to an activating group) is 1. The number of nitrogen functional groups attached to an aromatic ring is 1. The van der Waals surface area contributed by atoms with E-state index in [9.17, 15) is 41.9 Å². The minimum Gasteiger partial charge on any atom is -0.467 e. The Kier molecular flexibility index (Phi) is 16.0. The Morgan fingerprint density at radius 1 is 0.982 bits per heavy atom. The van der Waals surface area contributed by atoms with Crippen LogP contribution in [0, 0.1) is 0 Å². The molecule has 19 nitrogen and oxygen atoms in total. The van der Waals surface area contributed by atoms with Crippen molar-refractivity contribution in [2.45, 2.75) is 58.0 Å². The van der Waals surface area contributed by atoms with Gasteiger partial charge in [-0.1, -0.05) is 0 Å². The van der Waals surface area contributed by atoms with Crippen LogP contribution in [0.15, 0.2) is 35.3 Å². The van der Waals surface area contributed by atoms with Crippen LogP contribution in [0.2, 0.25) is 0 Å². The average Bonchev–Trinajstić information content (AvgIpc) is 3.13. The number of amides is 4. The van der Waals surface area contributed by atoms with Crippen molar-refractivity contribution in [1.82, 2.24) is 35.5 Å². The SMILES string of the molecule is COC(=O)C(CCC(=O)NCCOCCOCCN(C)C(=O)OC(C)(C)C)NC(=O)c1ccc(N(Cc2cnc3nc(N)[nH]c(=O)c3n2)C(=O)C(F)(F)F)cc1. The van der Waals surface area contributed by atoms with E-state index in [4.69, 9.17) is 24.7 Å². The highest BCUT2D eigenvalue weighted by Gasteiger charge is 2.43. The molecule has 1 unspecified atom stereocenters. The number of carbonyl (C=O) groups is 5. The van der Waals surface area contributed by atoms with Crippen LogP contribution in [0.4, 0.5) is 29.6 Å². The third kappa shape index (κ3) is 14.1. The molecule has 0 saturated heterocycles. The fourth-order valence-corrected chi connectivity index (χ4v) is 4.65. The molecule has 0 saturated carbocycles. The smallest absolute Gasteiger partial charge is 0.467 e. The molecule has 22 heteroatoms. The highest BCUT2D eigenvalue weighted by atomic mass is 19.4. The zero-order valence-electron chi connectivity index (χ0n) is 31.4. The summed E-state index contributed by atoms with van der Waals surface area (Å²) in [4.78, 5) is 90.0.